The van der Waals surface area contributed by atoms with Gasteiger partial charge in [0.05, 0.1) is 0 Å². The molecule has 142 valence electrons. The molecule has 0 saturated carbocycles. The Kier molecular flexibility index (Phi) is 5.26. The van der Waals surface area contributed by atoms with Crippen molar-refractivity contribution in [3.8, 4) is 0 Å². The van der Waals surface area contributed by atoms with Gasteiger partial charge in [-0.1, -0.05) is 0 Å². The molecule has 4 rings (SSSR count). The van der Waals surface area contributed by atoms with Crippen molar-refractivity contribution in [3.63, 3.8) is 0 Å². The Labute approximate surface area is 169 Å². The second-order valence-electron chi connectivity index (χ2n) is 6.48. The molecule has 2 aromatic rings. The van der Waals surface area contributed by atoms with E-state index in [4.69, 9.17) is 0 Å². The number of nitrogens with zero attached hydrogens (tertiary/aromatic N) is 4. The zero-order chi connectivity index (χ0) is 18.8. The third kappa shape index (κ3) is 3.91. The van der Waals surface area contributed by atoms with E-state index < -0.39 is 21.2 Å². The second-order valence-corrected chi connectivity index (χ2v) is 9.02. The third-order valence-corrected chi connectivity index (χ3v) is 7.80. The summed E-state index contributed by atoms with van der Waals surface area (Å²) in [6.07, 6.45) is 1.74. The van der Waals surface area contributed by atoms with Crippen molar-refractivity contribution in [1.82, 2.24) is 20.2 Å². The number of carbonyl (C=O) groups excluding carboxylic acids is 1. The maximum absolute atomic E-state index is 12.0. The van der Waals surface area contributed by atoms with Gasteiger partial charge < -0.3 is 5.32 Å². The van der Waals surface area contributed by atoms with Crippen molar-refractivity contribution in [2.24, 2.45) is 0 Å². The monoisotopic (exact) mass is 477 g/mol. The molecule has 2 N–H and O–H groups in total. The van der Waals surface area contributed by atoms with Crippen molar-refractivity contribution < 1.29 is 26.0 Å². The van der Waals surface area contributed by atoms with E-state index in [9.17, 15) is 4.79 Å². The predicted molar refractivity (Wildman–Crippen MR) is 103 cm³/mol. The van der Waals surface area contributed by atoms with Gasteiger partial charge >= 0.3 is 164 Å². The molecule has 7 nitrogen and oxygen atoms in total. The number of benzene rings is 1. The summed E-state index contributed by atoms with van der Waals surface area (Å²) in [7, 11) is 1.82. The van der Waals surface area contributed by atoms with E-state index in [0.29, 0.717) is 5.95 Å². The van der Waals surface area contributed by atoms with E-state index in [-0.39, 0.29) is 3.91 Å². The first-order valence-corrected chi connectivity index (χ1v) is 11.1. The van der Waals surface area contributed by atoms with E-state index in [1.54, 1.807) is 11.1 Å². The number of hydrogen-bond donors (Lipinski definition) is 2. The van der Waals surface area contributed by atoms with E-state index in [1.165, 1.54) is 5.69 Å². The van der Waals surface area contributed by atoms with Crippen LogP contribution in [0, 0.1) is 0 Å². The second kappa shape index (κ2) is 7.81. The molecule has 0 atom stereocenters. The van der Waals surface area contributed by atoms with Crippen LogP contribution in [0.25, 0.3) is 3.58 Å². The molecule has 27 heavy (non-hydrogen) atoms. The molecule has 0 bridgehead atoms. The SMILES string of the molecule is CC1=C(c2ccnc(Nc3ccc(N4CCNCC4)cc3)n2)[I-]C(=O)N1C. The molecular formula is C19H22IN6O-. The van der Waals surface area contributed by atoms with Crippen LogP contribution in [0.5, 0.6) is 0 Å². The molecule has 0 aliphatic carbocycles. The number of anilines is 3. The topological polar surface area (TPSA) is 73.4 Å². The standard InChI is InChI=1S/C19H22IN6O/c1-13-17(20-18(27)25(13)2)16-7-8-22-19(24-16)23-14-3-5-15(6-4-14)26-11-9-21-10-12-26/h3-8,21H,9-12H2,1-2H3,(H,22,23,24)/q-1. The third-order valence-electron chi connectivity index (χ3n) is 4.75. The van der Waals surface area contributed by atoms with Crippen LogP contribution < -0.4 is 36.7 Å². The van der Waals surface area contributed by atoms with Crippen LogP contribution in [-0.4, -0.2) is 52.0 Å². The van der Waals surface area contributed by atoms with Crippen LogP contribution in [0.2, 0.25) is 0 Å². The van der Waals surface area contributed by atoms with Gasteiger partial charge in [-0.25, -0.2) is 0 Å². The number of piperazine rings is 1. The van der Waals surface area contributed by atoms with E-state index in [2.05, 4.69) is 49.8 Å². The molecular weight excluding hydrogens is 455 g/mol. The van der Waals surface area contributed by atoms with Crippen LogP contribution in [0.4, 0.5) is 22.1 Å². The van der Waals surface area contributed by atoms with Gasteiger partial charge in [-0.15, -0.1) is 0 Å². The normalized spacial score (nSPS) is 17.9. The molecule has 2 aliphatic rings. The number of hydrogen-bond acceptors (Lipinski definition) is 6. The maximum atomic E-state index is 12.0. The summed E-state index contributed by atoms with van der Waals surface area (Å²) in [5.74, 6) is 0.550. The Balaban J connectivity index is 1.49. The van der Waals surface area contributed by atoms with E-state index in [0.717, 1.165) is 46.8 Å². The summed E-state index contributed by atoms with van der Waals surface area (Å²) in [6, 6.07) is 10.2. The number of nitrogens with one attached hydrogen (secondary N) is 2. The average Bonchev–Trinajstić information content (AvgIpc) is 2.97. The van der Waals surface area contributed by atoms with Crippen LogP contribution in [0.3, 0.4) is 0 Å². The molecule has 3 heterocycles. The van der Waals surface area contributed by atoms with Gasteiger partial charge in [0.1, 0.15) is 0 Å². The molecule has 2 aliphatic heterocycles. The quantitative estimate of drug-likeness (QED) is 0.351. The number of amides is 1. The Morgan fingerprint density at radius 3 is 2.56 bits per heavy atom. The summed E-state index contributed by atoms with van der Waals surface area (Å²) in [4.78, 5) is 25.0. The Morgan fingerprint density at radius 2 is 1.89 bits per heavy atom. The van der Waals surface area contributed by atoms with Gasteiger partial charge in [-0.2, -0.15) is 0 Å². The first-order valence-electron chi connectivity index (χ1n) is 8.91. The Bertz CT molecular complexity index is 876. The summed E-state index contributed by atoms with van der Waals surface area (Å²) >= 11 is -0.693. The molecule has 8 heteroatoms. The molecule has 1 fully saturated rings. The van der Waals surface area contributed by atoms with E-state index >= 15 is 0 Å². The zero-order valence-corrected chi connectivity index (χ0v) is 17.5. The number of aromatic nitrogens is 2. The average molecular weight is 477 g/mol. The van der Waals surface area contributed by atoms with Crippen LogP contribution in [0.15, 0.2) is 42.2 Å². The number of carbonyl (C=O) groups is 1. The molecule has 1 aromatic carbocycles. The van der Waals surface area contributed by atoms with Crippen molar-refractivity contribution in [3.05, 3.63) is 47.9 Å². The number of allylic oxidation sites excluding steroid dienone is 1. The van der Waals surface area contributed by atoms with Crippen molar-refractivity contribution in [2.45, 2.75) is 6.92 Å². The summed E-state index contributed by atoms with van der Waals surface area (Å²) in [5, 5.41) is 6.64. The van der Waals surface area contributed by atoms with Crippen LogP contribution in [0.1, 0.15) is 12.6 Å². The van der Waals surface area contributed by atoms with Gasteiger partial charge in [-0.05, 0) is 0 Å². The Morgan fingerprint density at radius 1 is 1.15 bits per heavy atom. The van der Waals surface area contributed by atoms with E-state index in [1.807, 2.05) is 20.0 Å². The van der Waals surface area contributed by atoms with Gasteiger partial charge in [0, 0.05) is 0 Å². The van der Waals surface area contributed by atoms with Gasteiger partial charge in [0.2, 0.25) is 0 Å². The minimum atomic E-state index is -0.693. The number of rotatable bonds is 4. The molecule has 0 unspecified atom stereocenters. The molecule has 0 spiro atoms. The summed E-state index contributed by atoms with van der Waals surface area (Å²) < 4.78 is 1.28. The zero-order valence-electron chi connectivity index (χ0n) is 15.4. The minimum absolute atomic E-state index is 0.206. The molecule has 1 saturated heterocycles. The fraction of sp³-hybridized carbons (Fsp3) is 0.316. The number of halogens is 1. The van der Waals surface area contributed by atoms with Crippen molar-refractivity contribution >= 4 is 24.8 Å². The van der Waals surface area contributed by atoms with Gasteiger partial charge in [0.15, 0.2) is 0 Å². The molecule has 0 radical (unpaired) electrons. The van der Waals surface area contributed by atoms with Gasteiger partial charge in [0.25, 0.3) is 0 Å². The summed E-state index contributed by atoms with van der Waals surface area (Å²) in [5.41, 5.74) is 4.02. The molecule has 1 amide bonds. The first kappa shape index (κ1) is 18.2. The van der Waals surface area contributed by atoms with Crippen LogP contribution >= 0.6 is 0 Å². The summed E-state index contributed by atoms with van der Waals surface area (Å²) in [6.45, 7) is 6.09. The van der Waals surface area contributed by atoms with Crippen molar-refractivity contribution in [2.75, 3.05) is 43.4 Å². The fourth-order valence-corrected chi connectivity index (χ4v) is 5.59. The predicted octanol–water partition coefficient (Wildman–Crippen LogP) is -0.527. The van der Waals surface area contributed by atoms with Crippen molar-refractivity contribution in [1.29, 1.82) is 0 Å². The molecule has 1 aromatic heterocycles. The fourth-order valence-electron chi connectivity index (χ4n) is 3.07. The first-order chi connectivity index (χ1) is 13.1. The Hall–Kier alpha value is -2.20. The van der Waals surface area contributed by atoms with Gasteiger partial charge in [-0.3, -0.25) is 0 Å². The van der Waals surface area contributed by atoms with Crippen LogP contribution in [-0.2, 0) is 0 Å².